The van der Waals surface area contributed by atoms with Crippen molar-refractivity contribution in [1.29, 1.82) is 0 Å². The minimum atomic E-state index is 0.526. The van der Waals surface area contributed by atoms with Gasteiger partial charge < -0.3 is 11.5 Å². The quantitative estimate of drug-likeness (QED) is 0.615. The Morgan fingerprint density at radius 2 is 2.00 bits per heavy atom. The van der Waals surface area contributed by atoms with Crippen molar-refractivity contribution < 1.29 is 0 Å². The summed E-state index contributed by atoms with van der Waals surface area (Å²) in [7, 11) is 0. The third-order valence-electron chi connectivity index (χ3n) is 1.43. The number of hydrogen-bond acceptors (Lipinski definition) is 3. The molecule has 0 saturated heterocycles. The minimum absolute atomic E-state index is 0.526. The number of thioether (sulfide) groups is 1. The summed E-state index contributed by atoms with van der Waals surface area (Å²) in [5.74, 6) is 0.781. The molecule has 0 fully saturated rings. The highest BCUT2D eigenvalue weighted by Gasteiger charge is 1.94. The molecular formula is C9H12ClN3S. The molecule has 0 aromatic heterocycles. The van der Waals surface area contributed by atoms with Gasteiger partial charge in [-0.2, -0.15) is 0 Å². The molecular weight excluding hydrogens is 218 g/mol. The van der Waals surface area contributed by atoms with Gasteiger partial charge in [0.1, 0.15) is 0 Å². The summed E-state index contributed by atoms with van der Waals surface area (Å²) in [6.07, 6.45) is 0. The summed E-state index contributed by atoms with van der Waals surface area (Å²) in [6.45, 7) is 0.599. The van der Waals surface area contributed by atoms with E-state index < -0.39 is 0 Å². The van der Waals surface area contributed by atoms with Crippen LogP contribution in [0.4, 0.5) is 5.69 Å². The molecule has 0 saturated carbocycles. The summed E-state index contributed by atoms with van der Waals surface area (Å²) in [5, 5.41) is 1.22. The molecule has 5 heteroatoms. The lowest BCUT2D eigenvalue weighted by Crippen LogP contribution is -2.10. The molecule has 0 amide bonds. The van der Waals surface area contributed by atoms with Gasteiger partial charge in [-0.3, -0.25) is 0 Å². The number of benzene rings is 1. The van der Waals surface area contributed by atoms with E-state index >= 15 is 0 Å². The predicted octanol–water partition coefficient (Wildman–Crippen LogP) is 1.98. The number of halogens is 1. The summed E-state index contributed by atoms with van der Waals surface area (Å²) in [5.41, 5.74) is 11.8. The van der Waals surface area contributed by atoms with Gasteiger partial charge in [0.25, 0.3) is 0 Å². The lowest BCUT2D eigenvalue weighted by molar-refractivity contribution is 1.15. The number of nitrogens with two attached hydrogens (primary N) is 2. The van der Waals surface area contributed by atoms with E-state index in [1.165, 1.54) is 11.8 Å². The topological polar surface area (TPSA) is 64.4 Å². The lowest BCUT2D eigenvalue weighted by Gasteiger charge is -1.98. The molecule has 0 bridgehead atoms. The zero-order valence-electron chi connectivity index (χ0n) is 7.61. The van der Waals surface area contributed by atoms with Crippen LogP contribution in [0.3, 0.4) is 0 Å². The molecule has 1 aromatic carbocycles. The van der Waals surface area contributed by atoms with Crippen LogP contribution in [0.5, 0.6) is 0 Å². The summed E-state index contributed by atoms with van der Waals surface area (Å²) in [6, 6.07) is 7.19. The smallest absolute Gasteiger partial charge is 0.159 e. The van der Waals surface area contributed by atoms with E-state index in [1.54, 1.807) is 12.1 Å². The molecule has 0 heterocycles. The number of nitrogens with zero attached hydrogens (tertiary/aromatic N) is 1. The van der Waals surface area contributed by atoms with Gasteiger partial charge >= 0.3 is 0 Å². The van der Waals surface area contributed by atoms with Crippen LogP contribution in [0.15, 0.2) is 29.3 Å². The van der Waals surface area contributed by atoms with Gasteiger partial charge in [0.05, 0.1) is 5.69 Å². The molecule has 0 atom stereocenters. The van der Waals surface area contributed by atoms with Crippen molar-refractivity contribution in [2.24, 2.45) is 16.5 Å². The van der Waals surface area contributed by atoms with E-state index in [0.29, 0.717) is 16.7 Å². The first-order chi connectivity index (χ1) is 6.72. The lowest BCUT2D eigenvalue weighted by atomic mass is 10.3. The first kappa shape index (κ1) is 11.4. The van der Waals surface area contributed by atoms with Crippen LogP contribution in [0.1, 0.15) is 0 Å². The molecule has 0 radical (unpaired) electrons. The number of amidine groups is 1. The van der Waals surface area contributed by atoms with Crippen LogP contribution in [0.2, 0.25) is 5.02 Å². The Kier molecular flexibility index (Phi) is 4.79. The highest BCUT2D eigenvalue weighted by molar-refractivity contribution is 8.13. The van der Waals surface area contributed by atoms with E-state index in [9.17, 15) is 0 Å². The van der Waals surface area contributed by atoms with Crippen LogP contribution in [-0.4, -0.2) is 17.5 Å². The molecule has 4 N–H and O–H groups in total. The summed E-state index contributed by atoms with van der Waals surface area (Å²) >= 11 is 7.18. The SMILES string of the molecule is NCCSC(N)=Nc1ccc(Cl)cc1. The van der Waals surface area contributed by atoms with E-state index in [2.05, 4.69) is 4.99 Å². The maximum absolute atomic E-state index is 5.73. The average molecular weight is 230 g/mol. The van der Waals surface area contributed by atoms with E-state index in [4.69, 9.17) is 23.1 Å². The minimum Gasteiger partial charge on any atom is -0.378 e. The van der Waals surface area contributed by atoms with E-state index in [1.807, 2.05) is 12.1 Å². The fourth-order valence-electron chi connectivity index (χ4n) is 0.839. The average Bonchev–Trinajstić information content (AvgIpc) is 2.18. The molecule has 76 valence electrons. The van der Waals surface area contributed by atoms with Gasteiger partial charge in [-0.1, -0.05) is 23.4 Å². The fourth-order valence-corrected chi connectivity index (χ4v) is 1.46. The largest absolute Gasteiger partial charge is 0.378 e. The molecule has 0 aliphatic heterocycles. The molecule has 1 rings (SSSR count). The number of hydrogen-bond donors (Lipinski definition) is 2. The monoisotopic (exact) mass is 229 g/mol. The molecule has 14 heavy (non-hydrogen) atoms. The Hall–Kier alpha value is -0.710. The van der Waals surface area contributed by atoms with Crippen molar-refractivity contribution in [1.82, 2.24) is 0 Å². The first-order valence-electron chi connectivity index (χ1n) is 4.15. The fraction of sp³-hybridized carbons (Fsp3) is 0.222. The second-order valence-electron chi connectivity index (χ2n) is 2.56. The molecule has 0 aliphatic carbocycles. The third kappa shape index (κ3) is 4.00. The molecule has 3 nitrogen and oxygen atoms in total. The van der Waals surface area contributed by atoms with Gasteiger partial charge in [-0.05, 0) is 24.3 Å². The molecule has 0 aliphatic rings. The second kappa shape index (κ2) is 5.90. The predicted molar refractivity (Wildman–Crippen MR) is 64.2 cm³/mol. The van der Waals surface area contributed by atoms with Crippen molar-refractivity contribution in [2.75, 3.05) is 12.3 Å². The standard InChI is InChI=1S/C9H12ClN3S/c10-7-1-3-8(4-2-7)13-9(12)14-6-5-11/h1-4H,5-6,11H2,(H2,12,13). The normalized spacial score (nSPS) is 11.7. The number of aliphatic imine (C=N–C) groups is 1. The van der Waals surface area contributed by atoms with E-state index in [0.717, 1.165) is 11.4 Å². The molecule has 0 spiro atoms. The zero-order chi connectivity index (χ0) is 10.4. The van der Waals surface area contributed by atoms with Gasteiger partial charge in [0.2, 0.25) is 0 Å². The second-order valence-corrected chi connectivity index (χ2v) is 4.12. The summed E-state index contributed by atoms with van der Waals surface area (Å²) in [4.78, 5) is 4.18. The van der Waals surface area contributed by atoms with Crippen LogP contribution in [-0.2, 0) is 0 Å². The van der Waals surface area contributed by atoms with Gasteiger partial charge in [0, 0.05) is 17.3 Å². The van der Waals surface area contributed by atoms with Gasteiger partial charge in [-0.25, -0.2) is 4.99 Å². The van der Waals surface area contributed by atoms with Crippen molar-refractivity contribution in [3.63, 3.8) is 0 Å². The van der Waals surface area contributed by atoms with E-state index in [-0.39, 0.29) is 0 Å². The first-order valence-corrected chi connectivity index (χ1v) is 5.51. The van der Waals surface area contributed by atoms with Crippen molar-refractivity contribution >= 4 is 34.2 Å². The maximum Gasteiger partial charge on any atom is 0.159 e. The zero-order valence-corrected chi connectivity index (χ0v) is 9.18. The molecule has 1 aromatic rings. The Morgan fingerprint density at radius 3 is 2.57 bits per heavy atom. The number of rotatable bonds is 3. The van der Waals surface area contributed by atoms with Crippen LogP contribution >= 0.6 is 23.4 Å². The highest BCUT2D eigenvalue weighted by Crippen LogP contribution is 2.17. The van der Waals surface area contributed by atoms with Crippen LogP contribution in [0, 0.1) is 0 Å². The Balaban J connectivity index is 2.61. The van der Waals surface area contributed by atoms with Crippen LogP contribution < -0.4 is 11.5 Å². The summed E-state index contributed by atoms with van der Waals surface area (Å²) < 4.78 is 0. The van der Waals surface area contributed by atoms with Crippen molar-refractivity contribution in [3.8, 4) is 0 Å². The van der Waals surface area contributed by atoms with Crippen molar-refractivity contribution in [2.45, 2.75) is 0 Å². The van der Waals surface area contributed by atoms with Gasteiger partial charge in [-0.15, -0.1) is 0 Å². The Bertz CT molecular complexity index is 310. The van der Waals surface area contributed by atoms with Crippen LogP contribution in [0.25, 0.3) is 0 Å². The van der Waals surface area contributed by atoms with Gasteiger partial charge in [0.15, 0.2) is 5.17 Å². The Morgan fingerprint density at radius 1 is 1.36 bits per heavy atom. The third-order valence-corrected chi connectivity index (χ3v) is 2.51. The molecule has 0 unspecified atom stereocenters. The Labute approximate surface area is 92.5 Å². The maximum atomic E-state index is 5.73. The highest BCUT2D eigenvalue weighted by atomic mass is 35.5. The van der Waals surface area contributed by atoms with Crippen molar-refractivity contribution in [3.05, 3.63) is 29.3 Å².